The molecule has 2 aromatic rings. The van der Waals surface area contributed by atoms with E-state index < -0.39 is 10.0 Å². The predicted molar refractivity (Wildman–Crippen MR) is 103 cm³/mol. The van der Waals surface area contributed by atoms with Crippen LogP contribution in [0.15, 0.2) is 70.0 Å². The molecule has 0 atom stereocenters. The highest BCUT2D eigenvalue weighted by atomic mass is 32.2. The van der Waals surface area contributed by atoms with Crippen molar-refractivity contribution in [3.05, 3.63) is 66.2 Å². The number of nitrogens with zero attached hydrogens (tertiary/aromatic N) is 2. The fourth-order valence-corrected chi connectivity index (χ4v) is 3.97. The fourth-order valence-electron chi connectivity index (χ4n) is 2.93. The van der Waals surface area contributed by atoms with Crippen LogP contribution in [-0.4, -0.2) is 31.2 Å². The number of rotatable bonds is 6. The predicted octanol–water partition coefficient (Wildman–Crippen LogP) is 4.14. The van der Waals surface area contributed by atoms with Crippen LogP contribution in [0.4, 0.5) is 0 Å². The van der Waals surface area contributed by atoms with Gasteiger partial charge >= 0.3 is 0 Å². The molecule has 0 fully saturated rings. The Balaban J connectivity index is 2.50. The molecule has 0 spiro atoms. The van der Waals surface area contributed by atoms with Crippen molar-refractivity contribution in [2.75, 3.05) is 0 Å². The highest BCUT2D eigenvalue weighted by Gasteiger charge is 2.22. The monoisotopic (exact) mass is 358 g/mol. The van der Waals surface area contributed by atoms with Gasteiger partial charge in [0.1, 0.15) is 5.84 Å². The smallest absolute Gasteiger partial charge is 0.283 e. The molecule has 2 rings (SSSR count). The third kappa shape index (κ3) is 5.16. The van der Waals surface area contributed by atoms with E-state index in [1.165, 1.54) is 0 Å². The maximum atomic E-state index is 12.8. The second-order valence-electron chi connectivity index (χ2n) is 6.55. The summed E-state index contributed by atoms with van der Waals surface area (Å²) in [6.07, 6.45) is 0.475. The molecule has 25 heavy (non-hydrogen) atoms. The molecule has 5 heteroatoms. The van der Waals surface area contributed by atoms with Crippen LogP contribution in [0.2, 0.25) is 0 Å². The van der Waals surface area contributed by atoms with Crippen LogP contribution >= 0.6 is 0 Å². The number of hydrogen-bond donors (Lipinski definition) is 0. The highest BCUT2D eigenvalue weighted by Crippen LogP contribution is 2.17. The van der Waals surface area contributed by atoms with Crippen molar-refractivity contribution in [1.29, 1.82) is 0 Å². The Bertz CT molecular complexity index is 790. The SMILES string of the molecule is CC(C)N(/C(Cc1ccccc1)=N\S(=O)(=O)c1ccccc1)C(C)C. The maximum absolute atomic E-state index is 12.8. The summed E-state index contributed by atoms with van der Waals surface area (Å²) in [5.74, 6) is 0.569. The van der Waals surface area contributed by atoms with Gasteiger partial charge in [-0.1, -0.05) is 48.5 Å². The molecule has 0 aliphatic rings. The fraction of sp³-hybridized carbons (Fsp3) is 0.350. The van der Waals surface area contributed by atoms with Gasteiger partial charge < -0.3 is 4.90 Å². The lowest BCUT2D eigenvalue weighted by molar-refractivity contribution is 0.288. The third-order valence-electron chi connectivity index (χ3n) is 3.88. The van der Waals surface area contributed by atoms with Gasteiger partial charge in [-0.25, -0.2) is 0 Å². The van der Waals surface area contributed by atoms with E-state index >= 15 is 0 Å². The summed E-state index contributed by atoms with van der Waals surface area (Å²) in [6.45, 7) is 8.20. The summed E-state index contributed by atoms with van der Waals surface area (Å²) >= 11 is 0. The van der Waals surface area contributed by atoms with Gasteiger partial charge in [0.25, 0.3) is 10.0 Å². The van der Waals surface area contributed by atoms with E-state index in [1.807, 2.05) is 30.3 Å². The van der Waals surface area contributed by atoms with Crippen molar-refractivity contribution in [3.8, 4) is 0 Å². The Morgan fingerprint density at radius 2 is 1.36 bits per heavy atom. The summed E-state index contributed by atoms with van der Waals surface area (Å²) in [5, 5.41) is 0. The molecule has 0 amide bonds. The van der Waals surface area contributed by atoms with E-state index in [2.05, 4.69) is 37.0 Å². The van der Waals surface area contributed by atoms with Gasteiger partial charge in [0.05, 0.1) is 4.90 Å². The van der Waals surface area contributed by atoms with Crippen LogP contribution in [0.5, 0.6) is 0 Å². The van der Waals surface area contributed by atoms with Crippen LogP contribution in [-0.2, 0) is 16.4 Å². The number of hydrogen-bond acceptors (Lipinski definition) is 2. The normalized spacial score (nSPS) is 12.6. The van der Waals surface area contributed by atoms with Crippen LogP contribution in [0.1, 0.15) is 33.3 Å². The summed E-state index contributed by atoms with van der Waals surface area (Å²) in [5.41, 5.74) is 1.04. The molecule has 0 unspecified atom stereocenters. The summed E-state index contributed by atoms with van der Waals surface area (Å²) in [7, 11) is -3.75. The molecule has 0 heterocycles. The Hall–Kier alpha value is -2.14. The zero-order chi connectivity index (χ0) is 18.4. The molecular formula is C20H26N2O2S. The highest BCUT2D eigenvalue weighted by molar-refractivity contribution is 7.90. The first-order valence-corrected chi connectivity index (χ1v) is 9.96. The maximum Gasteiger partial charge on any atom is 0.283 e. The van der Waals surface area contributed by atoms with Crippen LogP contribution in [0.3, 0.4) is 0 Å². The van der Waals surface area contributed by atoms with Gasteiger partial charge in [0.15, 0.2) is 0 Å². The largest absolute Gasteiger partial charge is 0.354 e. The van der Waals surface area contributed by atoms with Crippen molar-refractivity contribution in [2.24, 2.45) is 4.40 Å². The molecule has 0 N–H and O–H groups in total. The number of amidine groups is 1. The average molecular weight is 359 g/mol. The Kier molecular flexibility index (Phi) is 6.37. The topological polar surface area (TPSA) is 49.7 Å². The third-order valence-corrected chi connectivity index (χ3v) is 5.20. The molecule has 0 saturated carbocycles. The van der Waals surface area contributed by atoms with Crippen LogP contribution in [0, 0.1) is 0 Å². The molecule has 134 valence electrons. The zero-order valence-electron chi connectivity index (χ0n) is 15.3. The lowest BCUT2D eigenvalue weighted by atomic mass is 10.1. The van der Waals surface area contributed by atoms with E-state index in [0.29, 0.717) is 12.3 Å². The molecule has 2 aromatic carbocycles. The van der Waals surface area contributed by atoms with E-state index in [-0.39, 0.29) is 17.0 Å². The van der Waals surface area contributed by atoms with E-state index in [0.717, 1.165) is 5.56 Å². The standard InChI is InChI=1S/C20H26N2O2S/c1-16(2)22(17(3)4)20(15-18-11-7-5-8-12-18)21-25(23,24)19-13-9-6-10-14-19/h5-14,16-17H,15H2,1-4H3/b21-20-. The van der Waals surface area contributed by atoms with Crippen molar-refractivity contribution in [1.82, 2.24) is 4.90 Å². The quantitative estimate of drug-likeness (QED) is 0.576. The lowest BCUT2D eigenvalue weighted by Crippen LogP contribution is -2.43. The van der Waals surface area contributed by atoms with E-state index in [9.17, 15) is 8.42 Å². The van der Waals surface area contributed by atoms with Crippen LogP contribution in [0.25, 0.3) is 0 Å². The lowest BCUT2D eigenvalue weighted by Gasteiger charge is -2.34. The van der Waals surface area contributed by atoms with Gasteiger partial charge in [-0.3, -0.25) is 0 Å². The van der Waals surface area contributed by atoms with Gasteiger partial charge in [-0.15, -0.1) is 4.40 Å². The first-order valence-electron chi connectivity index (χ1n) is 8.52. The van der Waals surface area contributed by atoms with Crippen molar-refractivity contribution >= 4 is 15.9 Å². The van der Waals surface area contributed by atoms with E-state index in [4.69, 9.17) is 0 Å². The van der Waals surface area contributed by atoms with Crippen molar-refractivity contribution in [3.63, 3.8) is 0 Å². The zero-order valence-corrected chi connectivity index (χ0v) is 16.1. The molecule has 0 saturated heterocycles. The summed E-state index contributed by atoms with van der Waals surface area (Å²) < 4.78 is 29.8. The Morgan fingerprint density at radius 3 is 1.84 bits per heavy atom. The van der Waals surface area contributed by atoms with Crippen LogP contribution < -0.4 is 0 Å². The number of sulfonamides is 1. The number of benzene rings is 2. The molecule has 0 aromatic heterocycles. The Labute approximate surface area is 151 Å². The first-order chi connectivity index (χ1) is 11.8. The Morgan fingerprint density at radius 1 is 0.880 bits per heavy atom. The van der Waals surface area contributed by atoms with Gasteiger partial charge in [0.2, 0.25) is 0 Å². The van der Waals surface area contributed by atoms with Gasteiger partial charge in [-0.2, -0.15) is 8.42 Å². The molecule has 4 nitrogen and oxygen atoms in total. The minimum atomic E-state index is -3.75. The van der Waals surface area contributed by atoms with Crippen molar-refractivity contribution < 1.29 is 8.42 Å². The summed E-state index contributed by atoms with van der Waals surface area (Å²) in [4.78, 5) is 2.28. The average Bonchev–Trinajstić information content (AvgIpc) is 2.55. The molecule has 0 aliphatic heterocycles. The first kappa shape index (κ1) is 19.2. The molecular weight excluding hydrogens is 332 g/mol. The second kappa shape index (κ2) is 8.30. The minimum Gasteiger partial charge on any atom is -0.354 e. The van der Waals surface area contributed by atoms with E-state index in [1.54, 1.807) is 30.3 Å². The molecule has 0 radical (unpaired) electrons. The van der Waals surface area contributed by atoms with Gasteiger partial charge in [0, 0.05) is 18.5 Å². The molecule has 0 bridgehead atoms. The molecule has 0 aliphatic carbocycles. The van der Waals surface area contributed by atoms with Crippen molar-refractivity contribution in [2.45, 2.75) is 51.1 Å². The minimum absolute atomic E-state index is 0.147. The van der Waals surface area contributed by atoms with Gasteiger partial charge in [-0.05, 0) is 45.4 Å². The second-order valence-corrected chi connectivity index (χ2v) is 8.16. The summed E-state index contributed by atoms with van der Waals surface area (Å²) in [6, 6.07) is 18.5.